The topological polar surface area (TPSA) is 121 Å². The summed E-state index contributed by atoms with van der Waals surface area (Å²) in [7, 11) is -1.64. The Bertz CT molecular complexity index is 441. The standard InChI is InChI=1S/C5H6BN5O2/c7-5-8-1-2-3(11-5)10-4(9-2)6(12)13/h1,12-13H,(H3,7,8,9,10,11). The summed E-state index contributed by atoms with van der Waals surface area (Å²) in [5.74, 6) is 0.107. The molecule has 2 aromatic heterocycles. The van der Waals surface area contributed by atoms with Crippen LogP contribution in [0.25, 0.3) is 11.2 Å². The van der Waals surface area contributed by atoms with Gasteiger partial charge in [0.1, 0.15) is 11.2 Å². The summed E-state index contributed by atoms with van der Waals surface area (Å²) in [6, 6.07) is 0. The molecule has 0 aliphatic carbocycles. The van der Waals surface area contributed by atoms with Gasteiger partial charge in [0.15, 0.2) is 5.65 Å². The minimum absolute atomic E-state index is 0.0231. The van der Waals surface area contributed by atoms with Gasteiger partial charge in [-0.1, -0.05) is 0 Å². The van der Waals surface area contributed by atoms with Crippen LogP contribution in [0.5, 0.6) is 0 Å². The molecule has 13 heavy (non-hydrogen) atoms. The van der Waals surface area contributed by atoms with E-state index in [0.717, 1.165) is 0 Å². The fraction of sp³-hybridized carbons (Fsp3) is 0. The van der Waals surface area contributed by atoms with Crippen molar-refractivity contribution in [2.24, 2.45) is 0 Å². The lowest BCUT2D eigenvalue weighted by molar-refractivity contribution is 0.423. The first-order chi connectivity index (χ1) is 6.16. The second kappa shape index (κ2) is 2.68. The van der Waals surface area contributed by atoms with Gasteiger partial charge in [0.05, 0.1) is 6.20 Å². The van der Waals surface area contributed by atoms with Gasteiger partial charge in [0.25, 0.3) is 0 Å². The van der Waals surface area contributed by atoms with Crippen molar-refractivity contribution in [2.75, 3.05) is 5.73 Å². The molecule has 8 heteroatoms. The lowest BCUT2D eigenvalue weighted by Crippen LogP contribution is -2.33. The smallest absolute Gasteiger partial charge is 0.421 e. The first-order valence-electron chi connectivity index (χ1n) is 3.51. The average molecular weight is 179 g/mol. The molecule has 2 aromatic rings. The average Bonchev–Trinajstić information content (AvgIpc) is 2.46. The third-order valence-electron chi connectivity index (χ3n) is 1.52. The molecule has 7 nitrogen and oxygen atoms in total. The van der Waals surface area contributed by atoms with Crippen molar-refractivity contribution in [3.05, 3.63) is 6.20 Å². The number of hydrogen-bond acceptors (Lipinski definition) is 6. The number of nitrogen functional groups attached to an aromatic ring is 1. The van der Waals surface area contributed by atoms with Crippen molar-refractivity contribution in [3.63, 3.8) is 0 Å². The van der Waals surface area contributed by atoms with E-state index in [0.29, 0.717) is 11.2 Å². The molecule has 5 N–H and O–H groups in total. The van der Waals surface area contributed by atoms with Crippen molar-refractivity contribution in [1.29, 1.82) is 0 Å². The monoisotopic (exact) mass is 179 g/mol. The molecule has 0 saturated carbocycles. The Labute approximate surface area is 72.8 Å². The molecule has 66 valence electrons. The van der Waals surface area contributed by atoms with Crippen LogP contribution in [0.2, 0.25) is 0 Å². The molecule has 0 spiro atoms. The van der Waals surface area contributed by atoms with Gasteiger partial charge in [0.2, 0.25) is 5.95 Å². The van der Waals surface area contributed by atoms with Crippen LogP contribution >= 0.6 is 0 Å². The number of rotatable bonds is 1. The van der Waals surface area contributed by atoms with Gasteiger partial charge < -0.3 is 20.8 Å². The van der Waals surface area contributed by atoms with Gasteiger partial charge in [-0.3, -0.25) is 0 Å². The van der Waals surface area contributed by atoms with Crippen molar-refractivity contribution in [1.82, 2.24) is 19.9 Å². The Morgan fingerprint density at radius 2 is 2.15 bits per heavy atom. The molecule has 0 aromatic carbocycles. The highest BCUT2D eigenvalue weighted by molar-refractivity contribution is 6.56. The Hall–Kier alpha value is -1.67. The van der Waals surface area contributed by atoms with Gasteiger partial charge in [-0.2, -0.15) is 4.98 Å². The summed E-state index contributed by atoms with van der Waals surface area (Å²) in [4.78, 5) is 13.9. The minimum Gasteiger partial charge on any atom is -0.421 e. The van der Waals surface area contributed by atoms with E-state index in [-0.39, 0.29) is 11.7 Å². The summed E-state index contributed by atoms with van der Waals surface area (Å²) >= 11 is 0. The number of nitrogens with one attached hydrogen (secondary N) is 1. The number of fused-ring (bicyclic) bond motifs is 1. The largest absolute Gasteiger partial charge is 0.526 e. The summed E-state index contributed by atoms with van der Waals surface area (Å²) in [6.45, 7) is 0. The number of aromatic amines is 1. The second-order valence-electron chi connectivity index (χ2n) is 2.46. The van der Waals surface area contributed by atoms with Crippen molar-refractivity contribution >= 4 is 30.0 Å². The summed E-state index contributed by atoms with van der Waals surface area (Å²) in [6.07, 6.45) is 1.40. The van der Waals surface area contributed by atoms with Crippen LogP contribution in [0.15, 0.2) is 6.20 Å². The van der Waals surface area contributed by atoms with Crippen molar-refractivity contribution in [2.45, 2.75) is 0 Å². The van der Waals surface area contributed by atoms with E-state index in [1.807, 2.05) is 0 Å². The maximum atomic E-state index is 8.78. The van der Waals surface area contributed by atoms with Crippen LogP contribution in [0.3, 0.4) is 0 Å². The second-order valence-corrected chi connectivity index (χ2v) is 2.46. The molecule has 0 aliphatic rings. The van der Waals surface area contributed by atoms with Crippen LogP contribution in [0, 0.1) is 0 Å². The number of anilines is 1. The first-order valence-corrected chi connectivity index (χ1v) is 3.51. The normalized spacial score (nSPS) is 10.6. The lowest BCUT2D eigenvalue weighted by atomic mass is 9.91. The Morgan fingerprint density at radius 1 is 1.38 bits per heavy atom. The molecule has 0 unspecified atom stereocenters. The quantitative estimate of drug-likeness (QED) is 0.362. The van der Waals surface area contributed by atoms with Crippen LogP contribution in [0.1, 0.15) is 0 Å². The highest BCUT2D eigenvalue weighted by Gasteiger charge is 2.16. The zero-order valence-electron chi connectivity index (χ0n) is 6.47. The maximum absolute atomic E-state index is 8.78. The first kappa shape index (κ1) is 7.96. The third kappa shape index (κ3) is 1.32. The number of imidazole rings is 1. The van der Waals surface area contributed by atoms with Gasteiger partial charge in [-0.25, -0.2) is 9.97 Å². The van der Waals surface area contributed by atoms with Crippen LogP contribution in [0.4, 0.5) is 5.95 Å². The Balaban J connectivity index is 2.62. The molecule has 0 aliphatic heterocycles. The van der Waals surface area contributed by atoms with E-state index in [4.69, 9.17) is 15.8 Å². The van der Waals surface area contributed by atoms with E-state index in [2.05, 4.69) is 19.9 Å². The fourth-order valence-electron chi connectivity index (χ4n) is 0.964. The number of H-pyrrole nitrogens is 1. The molecular formula is C5H6BN5O2. The van der Waals surface area contributed by atoms with E-state index < -0.39 is 7.12 Å². The molecule has 2 heterocycles. The zero-order valence-corrected chi connectivity index (χ0v) is 6.47. The Morgan fingerprint density at radius 3 is 2.85 bits per heavy atom. The van der Waals surface area contributed by atoms with E-state index in [1.54, 1.807) is 0 Å². The van der Waals surface area contributed by atoms with Gasteiger partial charge >= 0.3 is 7.12 Å². The van der Waals surface area contributed by atoms with Gasteiger partial charge in [-0.15, -0.1) is 0 Å². The molecule has 0 atom stereocenters. The number of aromatic nitrogens is 4. The summed E-state index contributed by atoms with van der Waals surface area (Å²) in [5, 5.41) is 17.6. The molecule has 0 fully saturated rings. The number of hydrogen-bond donors (Lipinski definition) is 4. The predicted octanol–water partition coefficient (Wildman–Crippen LogP) is -2.39. The number of nitrogens with two attached hydrogens (primary N) is 1. The van der Waals surface area contributed by atoms with Crippen LogP contribution in [-0.4, -0.2) is 37.1 Å². The zero-order chi connectivity index (χ0) is 9.42. The van der Waals surface area contributed by atoms with Crippen LogP contribution < -0.4 is 11.5 Å². The van der Waals surface area contributed by atoms with Gasteiger partial charge in [0, 0.05) is 0 Å². The summed E-state index contributed by atoms with van der Waals surface area (Å²) < 4.78 is 0. The maximum Gasteiger partial charge on any atom is 0.526 e. The molecule has 0 radical (unpaired) electrons. The molecule has 0 bridgehead atoms. The minimum atomic E-state index is -1.64. The van der Waals surface area contributed by atoms with E-state index in [9.17, 15) is 0 Å². The molecular weight excluding hydrogens is 173 g/mol. The fourth-order valence-corrected chi connectivity index (χ4v) is 0.964. The SMILES string of the molecule is Nc1ncc2nc(B(O)O)[nH]c2n1. The van der Waals surface area contributed by atoms with E-state index in [1.165, 1.54) is 6.20 Å². The highest BCUT2D eigenvalue weighted by atomic mass is 16.4. The Kier molecular flexibility index (Phi) is 1.64. The van der Waals surface area contributed by atoms with Crippen LogP contribution in [-0.2, 0) is 0 Å². The summed E-state index contributed by atoms with van der Waals surface area (Å²) in [5.41, 5.74) is 6.16. The molecule has 2 rings (SSSR count). The molecule has 0 saturated heterocycles. The van der Waals surface area contributed by atoms with Crippen molar-refractivity contribution in [3.8, 4) is 0 Å². The van der Waals surface area contributed by atoms with Gasteiger partial charge in [-0.05, 0) is 0 Å². The third-order valence-corrected chi connectivity index (χ3v) is 1.52. The van der Waals surface area contributed by atoms with Crippen molar-refractivity contribution < 1.29 is 10.0 Å². The van der Waals surface area contributed by atoms with E-state index >= 15 is 0 Å². The lowest BCUT2D eigenvalue weighted by Gasteiger charge is -1.88. The highest BCUT2D eigenvalue weighted by Crippen LogP contribution is 2.03. The predicted molar refractivity (Wildman–Crippen MR) is 45.9 cm³/mol. The number of nitrogens with zero attached hydrogens (tertiary/aromatic N) is 3. The molecule has 0 amide bonds.